The maximum Gasteiger partial charge on any atom is 0.223 e. The maximum atomic E-state index is 5.91. The number of halogens is 3. The quantitative estimate of drug-likeness (QED) is 0.581. The van der Waals surface area contributed by atoms with Gasteiger partial charge in [-0.05, 0) is 50.1 Å². The first-order chi connectivity index (χ1) is 9.25. The molecule has 0 aliphatic heterocycles. The number of nitrogens with zero attached hydrogens (tertiary/aromatic N) is 2. The summed E-state index contributed by atoms with van der Waals surface area (Å²) in [5.41, 5.74) is -0.154. The highest BCUT2D eigenvalue weighted by Crippen LogP contribution is 2.32. The second kappa shape index (κ2) is 6.00. The molecule has 0 aliphatic carbocycles. The van der Waals surface area contributed by atoms with Crippen LogP contribution in [0.5, 0.6) is 11.6 Å². The standard InChI is InChI=1S/C14H13Br2ClN2O/c1-14(2,3)13-18-11(16)7-12(19-13)20-10-5-4-8(17)6-9(10)15/h4-7H,1-3H3. The summed E-state index contributed by atoms with van der Waals surface area (Å²) in [6.45, 7) is 6.16. The van der Waals surface area contributed by atoms with E-state index in [1.807, 2.05) is 0 Å². The lowest BCUT2D eigenvalue weighted by Gasteiger charge is -2.17. The topological polar surface area (TPSA) is 35.0 Å². The minimum Gasteiger partial charge on any atom is -0.438 e. The van der Waals surface area contributed by atoms with E-state index in [2.05, 4.69) is 62.6 Å². The Labute approximate surface area is 140 Å². The molecule has 0 amide bonds. The van der Waals surface area contributed by atoms with Gasteiger partial charge in [-0.3, -0.25) is 0 Å². The number of ether oxygens (including phenoxy) is 1. The van der Waals surface area contributed by atoms with Crippen molar-refractivity contribution in [3.63, 3.8) is 0 Å². The van der Waals surface area contributed by atoms with E-state index in [9.17, 15) is 0 Å². The third-order valence-corrected chi connectivity index (χ3v) is 3.71. The largest absolute Gasteiger partial charge is 0.438 e. The van der Waals surface area contributed by atoms with E-state index in [1.165, 1.54) is 0 Å². The Morgan fingerprint density at radius 1 is 1.10 bits per heavy atom. The Morgan fingerprint density at radius 3 is 2.40 bits per heavy atom. The first kappa shape index (κ1) is 15.7. The summed E-state index contributed by atoms with van der Waals surface area (Å²) >= 11 is 12.7. The fourth-order valence-corrected chi connectivity index (χ4v) is 2.58. The van der Waals surface area contributed by atoms with E-state index in [1.54, 1.807) is 24.3 Å². The predicted octanol–water partition coefficient (Wildman–Crippen LogP) is 5.74. The molecule has 20 heavy (non-hydrogen) atoms. The van der Waals surface area contributed by atoms with Crippen molar-refractivity contribution in [3.05, 3.63) is 44.2 Å². The van der Waals surface area contributed by atoms with E-state index < -0.39 is 0 Å². The smallest absolute Gasteiger partial charge is 0.223 e. The Morgan fingerprint density at radius 2 is 1.80 bits per heavy atom. The molecular weight excluding hydrogens is 407 g/mol. The average molecular weight is 421 g/mol. The van der Waals surface area contributed by atoms with Crippen LogP contribution in [0.15, 0.2) is 33.3 Å². The third-order valence-electron chi connectivity index (χ3n) is 2.45. The van der Waals surface area contributed by atoms with Crippen LogP contribution in [-0.4, -0.2) is 9.97 Å². The molecule has 1 aromatic heterocycles. The SMILES string of the molecule is CC(C)(C)c1nc(Br)cc(Oc2ccc(Cl)cc2Br)n1. The van der Waals surface area contributed by atoms with Crippen LogP contribution in [0.3, 0.4) is 0 Å². The van der Waals surface area contributed by atoms with Gasteiger partial charge in [-0.2, -0.15) is 4.98 Å². The van der Waals surface area contributed by atoms with Crippen molar-refractivity contribution < 1.29 is 4.74 Å². The summed E-state index contributed by atoms with van der Waals surface area (Å²) in [4.78, 5) is 8.82. The summed E-state index contributed by atoms with van der Waals surface area (Å²) in [5.74, 6) is 1.85. The van der Waals surface area contributed by atoms with Crippen LogP contribution in [0.2, 0.25) is 5.02 Å². The summed E-state index contributed by atoms with van der Waals surface area (Å²) in [6, 6.07) is 7.07. The normalized spacial score (nSPS) is 11.5. The first-order valence-corrected chi connectivity index (χ1v) is 7.90. The molecule has 0 bridgehead atoms. The molecule has 0 saturated carbocycles. The molecule has 0 radical (unpaired) electrons. The molecule has 2 aromatic rings. The van der Waals surface area contributed by atoms with Crippen molar-refractivity contribution in [2.24, 2.45) is 0 Å². The van der Waals surface area contributed by atoms with Crippen molar-refractivity contribution in [2.75, 3.05) is 0 Å². The van der Waals surface area contributed by atoms with Crippen molar-refractivity contribution in [1.29, 1.82) is 0 Å². The second-order valence-electron chi connectivity index (χ2n) is 5.28. The Hall–Kier alpha value is -0.650. The average Bonchev–Trinajstić information content (AvgIpc) is 2.31. The van der Waals surface area contributed by atoms with Crippen LogP contribution in [0.25, 0.3) is 0 Å². The molecule has 2 rings (SSSR count). The molecule has 3 nitrogen and oxygen atoms in total. The van der Waals surface area contributed by atoms with Gasteiger partial charge >= 0.3 is 0 Å². The molecular formula is C14H13Br2ClN2O. The zero-order valence-electron chi connectivity index (χ0n) is 11.2. The minimum absolute atomic E-state index is 0.154. The van der Waals surface area contributed by atoms with Gasteiger partial charge in [0.1, 0.15) is 16.2 Å². The van der Waals surface area contributed by atoms with Gasteiger partial charge in [-0.1, -0.05) is 32.4 Å². The number of hydrogen-bond acceptors (Lipinski definition) is 3. The number of hydrogen-bond donors (Lipinski definition) is 0. The fraction of sp³-hybridized carbons (Fsp3) is 0.286. The van der Waals surface area contributed by atoms with Gasteiger partial charge in [0.2, 0.25) is 5.88 Å². The van der Waals surface area contributed by atoms with Crippen LogP contribution in [0.1, 0.15) is 26.6 Å². The highest BCUT2D eigenvalue weighted by atomic mass is 79.9. The van der Waals surface area contributed by atoms with Crippen LogP contribution in [0.4, 0.5) is 0 Å². The van der Waals surface area contributed by atoms with Gasteiger partial charge in [-0.25, -0.2) is 4.98 Å². The minimum atomic E-state index is -0.154. The molecule has 106 valence electrons. The van der Waals surface area contributed by atoms with E-state index in [0.29, 0.717) is 27.1 Å². The highest BCUT2D eigenvalue weighted by molar-refractivity contribution is 9.10. The van der Waals surface area contributed by atoms with Gasteiger partial charge in [0.05, 0.1) is 4.47 Å². The molecule has 0 saturated heterocycles. The van der Waals surface area contributed by atoms with Crippen LogP contribution >= 0.6 is 43.5 Å². The van der Waals surface area contributed by atoms with Crippen molar-refractivity contribution >= 4 is 43.5 Å². The van der Waals surface area contributed by atoms with E-state index >= 15 is 0 Å². The third kappa shape index (κ3) is 3.93. The lowest BCUT2D eigenvalue weighted by atomic mass is 9.96. The lowest BCUT2D eigenvalue weighted by molar-refractivity contribution is 0.442. The number of aromatic nitrogens is 2. The van der Waals surface area contributed by atoms with E-state index in [-0.39, 0.29) is 5.41 Å². The van der Waals surface area contributed by atoms with Crippen LogP contribution in [-0.2, 0) is 5.41 Å². The molecule has 1 aromatic carbocycles. The van der Waals surface area contributed by atoms with Gasteiger partial charge in [0, 0.05) is 16.5 Å². The summed E-state index contributed by atoms with van der Waals surface area (Å²) in [6.07, 6.45) is 0. The molecule has 0 aliphatic rings. The van der Waals surface area contributed by atoms with Crippen LogP contribution < -0.4 is 4.74 Å². The van der Waals surface area contributed by atoms with Gasteiger partial charge in [0.25, 0.3) is 0 Å². The fourth-order valence-electron chi connectivity index (χ4n) is 1.46. The predicted molar refractivity (Wildman–Crippen MR) is 87.7 cm³/mol. The van der Waals surface area contributed by atoms with Crippen molar-refractivity contribution in [1.82, 2.24) is 9.97 Å². The molecule has 0 unspecified atom stereocenters. The molecule has 0 spiro atoms. The van der Waals surface area contributed by atoms with Gasteiger partial charge in [-0.15, -0.1) is 0 Å². The maximum absolute atomic E-state index is 5.91. The highest BCUT2D eigenvalue weighted by Gasteiger charge is 2.19. The Bertz CT molecular complexity index is 642. The Kier molecular flexibility index (Phi) is 4.72. The Balaban J connectivity index is 2.36. The van der Waals surface area contributed by atoms with E-state index in [0.717, 1.165) is 4.47 Å². The van der Waals surface area contributed by atoms with E-state index in [4.69, 9.17) is 16.3 Å². The van der Waals surface area contributed by atoms with Gasteiger partial charge in [0.15, 0.2) is 0 Å². The summed E-state index contributed by atoms with van der Waals surface area (Å²) in [5, 5.41) is 0.642. The molecule has 0 fully saturated rings. The first-order valence-electron chi connectivity index (χ1n) is 5.94. The summed E-state index contributed by atoms with van der Waals surface area (Å²) < 4.78 is 7.26. The zero-order chi connectivity index (χ0) is 14.9. The molecule has 0 N–H and O–H groups in total. The van der Waals surface area contributed by atoms with Crippen molar-refractivity contribution in [2.45, 2.75) is 26.2 Å². The number of rotatable bonds is 2. The monoisotopic (exact) mass is 418 g/mol. The molecule has 6 heteroatoms. The molecule has 0 atom stereocenters. The number of benzene rings is 1. The van der Waals surface area contributed by atoms with Gasteiger partial charge < -0.3 is 4.74 Å². The van der Waals surface area contributed by atoms with Crippen molar-refractivity contribution in [3.8, 4) is 11.6 Å². The second-order valence-corrected chi connectivity index (χ2v) is 7.38. The summed E-state index contributed by atoms with van der Waals surface area (Å²) in [7, 11) is 0. The lowest BCUT2D eigenvalue weighted by Crippen LogP contribution is -2.16. The molecule has 1 heterocycles. The zero-order valence-corrected chi connectivity index (χ0v) is 15.2. The van der Waals surface area contributed by atoms with Crippen LogP contribution in [0, 0.1) is 0 Å².